The number of ether oxygens (including phenoxy) is 2. The molecule has 6 rings (SSSR count). The molecule has 2 aromatic carbocycles. The first-order chi connectivity index (χ1) is 20.4. The third-order valence-corrected chi connectivity index (χ3v) is 10.6. The molecule has 3 aliphatic rings. The topological polar surface area (TPSA) is 75.1 Å². The zero-order valence-corrected chi connectivity index (χ0v) is 25.9. The van der Waals surface area contributed by atoms with Crippen LogP contribution in [0.25, 0.3) is 11.3 Å². The number of carboxylic acids is 1. The molecule has 2 aliphatic heterocycles. The largest absolute Gasteiger partial charge is 0.488 e. The minimum atomic E-state index is -0.793. The first-order valence-electron chi connectivity index (χ1n) is 15.5. The first kappa shape index (κ1) is 29.1. The van der Waals surface area contributed by atoms with E-state index in [0.29, 0.717) is 26.1 Å². The van der Waals surface area contributed by atoms with Gasteiger partial charge in [-0.2, -0.15) is 0 Å². The maximum atomic E-state index is 11.6. The number of hydrogen-bond donors (Lipinski definition) is 1. The molecular weight excluding hydrogens is 546 g/mol. The summed E-state index contributed by atoms with van der Waals surface area (Å²) in [6.45, 7) is 8.29. The summed E-state index contributed by atoms with van der Waals surface area (Å²) in [7, 11) is 1.59. The van der Waals surface area contributed by atoms with Gasteiger partial charge < -0.3 is 19.5 Å². The molecule has 2 fully saturated rings. The van der Waals surface area contributed by atoms with Crippen LogP contribution < -0.4 is 9.64 Å². The number of aliphatic carboxylic acids is 1. The molecule has 1 N–H and O–H groups in total. The third-order valence-electron chi connectivity index (χ3n) is 9.66. The van der Waals surface area contributed by atoms with E-state index in [1.165, 1.54) is 54.4 Å². The van der Waals surface area contributed by atoms with Crippen molar-refractivity contribution in [3.63, 3.8) is 0 Å². The van der Waals surface area contributed by atoms with Gasteiger partial charge >= 0.3 is 5.97 Å². The minimum absolute atomic E-state index is 0.350. The highest BCUT2D eigenvalue weighted by Crippen LogP contribution is 2.37. The predicted octanol–water partition coefficient (Wildman–Crippen LogP) is 6.62. The maximum Gasteiger partial charge on any atom is 0.309 e. The van der Waals surface area contributed by atoms with E-state index in [-0.39, 0.29) is 6.10 Å². The number of carbonyl (C=O) groups is 1. The van der Waals surface area contributed by atoms with Crippen molar-refractivity contribution in [2.75, 3.05) is 31.6 Å². The van der Waals surface area contributed by atoms with Gasteiger partial charge in [-0.15, -0.1) is 11.3 Å². The number of anilines is 1. The van der Waals surface area contributed by atoms with Crippen molar-refractivity contribution in [1.29, 1.82) is 0 Å². The molecule has 1 aliphatic carbocycles. The molecule has 1 saturated carbocycles. The van der Waals surface area contributed by atoms with Gasteiger partial charge in [0.05, 0.1) is 17.7 Å². The number of thiazole rings is 1. The molecule has 0 radical (unpaired) electrons. The van der Waals surface area contributed by atoms with Gasteiger partial charge in [0.25, 0.3) is 0 Å². The number of aromatic nitrogens is 1. The van der Waals surface area contributed by atoms with Gasteiger partial charge in [-0.3, -0.25) is 9.69 Å². The number of nitrogens with zero attached hydrogens (tertiary/aromatic N) is 3. The Balaban J connectivity index is 1.16. The van der Waals surface area contributed by atoms with E-state index in [1.807, 2.05) is 0 Å². The van der Waals surface area contributed by atoms with Gasteiger partial charge in [0.1, 0.15) is 12.4 Å². The van der Waals surface area contributed by atoms with Crippen LogP contribution in [0.5, 0.6) is 5.75 Å². The summed E-state index contributed by atoms with van der Waals surface area (Å²) in [4.78, 5) is 21.5. The zero-order valence-electron chi connectivity index (χ0n) is 25.1. The Kier molecular flexibility index (Phi) is 8.84. The molecule has 1 saturated heterocycles. The number of methoxy groups -OCH3 is 1. The highest BCUT2D eigenvalue weighted by atomic mass is 32.1. The molecule has 0 amide bonds. The van der Waals surface area contributed by atoms with Crippen LogP contribution in [0.1, 0.15) is 66.3 Å². The summed E-state index contributed by atoms with van der Waals surface area (Å²) >= 11 is 1.58. The molecule has 7 nitrogen and oxygen atoms in total. The summed E-state index contributed by atoms with van der Waals surface area (Å²) in [6.07, 6.45) is 8.19. The number of carboxylic acid groups (broad SMARTS) is 1. The van der Waals surface area contributed by atoms with Crippen molar-refractivity contribution in [3.05, 3.63) is 63.5 Å². The lowest BCUT2D eigenvalue weighted by Gasteiger charge is -2.38. The lowest BCUT2D eigenvalue weighted by Crippen LogP contribution is -2.47. The molecule has 1 aromatic heterocycles. The number of hydrogen-bond acceptors (Lipinski definition) is 7. The van der Waals surface area contributed by atoms with Crippen molar-refractivity contribution in [2.24, 2.45) is 5.92 Å². The summed E-state index contributed by atoms with van der Waals surface area (Å²) in [5, 5.41) is 12.5. The van der Waals surface area contributed by atoms with E-state index >= 15 is 0 Å². The van der Waals surface area contributed by atoms with Gasteiger partial charge in [0.15, 0.2) is 5.13 Å². The zero-order chi connectivity index (χ0) is 29.2. The Bertz CT molecular complexity index is 1420. The van der Waals surface area contributed by atoms with Crippen molar-refractivity contribution in [3.8, 4) is 17.0 Å². The van der Waals surface area contributed by atoms with Gasteiger partial charge in [-0.1, -0.05) is 43.0 Å². The van der Waals surface area contributed by atoms with Crippen LogP contribution in [0, 0.1) is 19.8 Å². The van der Waals surface area contributed by atoms with E-state index in [4.69, 9.17) is 14.5 Å². The van der Waals surface area contributed by atoms with Crippen molar-refractivity contribution in [2.45, 2.75) is 84.1 Å². The van der Waals surface area contributed by atoms with Gasteiger partial charge in [0, 0.05) is 50.3 Å². The summed E-state index contributed by atoms with van der Waals surface area (Å²) in [5.41, 5.74) is 8.64. The lowest BCUT2D eigenvalue weighted by atomic mass is 9.88. The van der Waals surface area contributed by atoms with E-state index in [0.717, 1.165) is 53.3 Å². The number of fused-ring (bicyclic) bond motifs is 1. The van der Waals surface area contributed by atoms with Crippen molar-refractivity contribution >= 4 is 22.4 Å². The Morgan fingerprint density at radius 3 is 2.71 bits per heavy atom. The summed E-state index contributed by atoms with van der Waals surface area (Å²) in [5.74, 6) is -0.443. The van der Waals surface area contributed by atoms with E-state index in [2.05, 4.69) is 59.4 Å². The molecule has 3 heterocycles. The van der Waals surface area contributed by atoms with Crippen molar-refractivity contribution < 1.29 is 19.4 Å². The van der Waals surface area contributed by atoms with Crippen LogP contribution >= 0.6 is 11.3 Å². The number of piperidine rings is 1. The van der Waals surface area contributed by atoms with Crippen LogP contribution in [0.4, 0.5) is 5.13 Å². The molecular formula is C34H43N3O4S. The highest BCUT2D eigenvalue weighted by Gasteiger charge is 2.35. The molecule has 0 spiro atoms. The van der Waals surface area contributed by atoms with Crippen LogP contribution in [0.15, 0.2) is 35.7 Å². The molecule has 224 valence electrons. The minimum Gasteiger partial charge on any atom is -0.488 e. The monoisotopic (exact) mass is 589 g/mol. The maximum absolute atomic E-state index is 11.6. The Morgan fingerprint density at radius 1 is 1.10 bits per heavy atom. The molecule has 0 bridgehead atoms. The second-order valence-corrected chi connectivity index (χ2v) is 13.1. The standard InChI is InChI=1S/C34H43N3O4S/c1-22-9-12-31(29(17-22)30-21-42-34(35-30)37-16-14-28(33(38)39)32(19-37)40-3)41-20-25-11-10-24-18-36(15-13-27(24)23(25)2)26-7-5-4-6-8-26/h9-12,17,21,26,28,32H,4-8,13-16,18-20H2,1-3H3,(H,38,39)/t28-,32+/m1/s1. The Hall–Kier alpha value is -2.94. The van der Waals surface area contributed by atoms with Gasteiger partial charge in [-0.05, 0) is 73.9 Å². The third kappa shape index (κ3) is 6.08. The fourth-order valence-electron chi connectivity index (χ4n) is 7.10. The SMILES string of the molecule is CO[C@H]1CN(c2nc(-c3cc(C)ccc3OCc3ccc4c(c3C)CCN(C3CCCCC3)C4)cs2)CC[C@H]1C(=O)O. The van der Waals surface area contributed by atoms with E-state index < -0.39 is 11.9 Å². The van der Waals surface area contributed by atoms with Gasteiger partial charge in [0.2, 0.25) is 0 Å². The highest BCUT2D eigenvalue weighted by molar-refractivity contribution is 7.14. The second kappa shape index (κ2) is 12.7. The molecule has 0 unspecified atom stereocenters. The molecule has 2 atom stereocenters. The Labute approximate surface area is 253 Å². The first-order valence-corrected chi connectivity index (χ1v) is 16.3. The predicted molar refractivity (Wildman–Crippen MR) is 168 cm³/mol. The normalized spacial score (nSPS) is 21.7. The Morgan fingerprint density at radius 2 is 1.93 bits per heavy atom. The fraction of sp³-hybridized carbons (Fsp3) is 0.529. The van der Waals surface area contributed by atoms with Crippen LogP contribution in [0.3, 0.4) is 0 Å². The van der Waals surface area contributed by atoms with Crippen LogP contribution in [-0.2, 0) is 29.1 Å². The van der Waals surface area contributed by atoms with E-state index in [1.54, 1.807) is 18.4 Å². The number of aryl methyl sites for hydroxylation is 1. The fourth-order valence-corrected chi connectivity index (χ4v) is 7.96. The van der Waals surface area contributed by atoms with Crippen LogP contribution in [0.2, 0.25) is 0 Å². The van der Waals surface area contributed by atoms with Crippen LogP contribution in [-0.4, -0.2) is 59.8 Å². The van der Waals surface area contributed by atoms with E-state index in [9.17, 15) is 9.90 Å². The smallest absolute Gasteiger partial charge is 0.309 e. The van der Waals surface area contributed by atoms with Crippen molar-refractivity contribution in [1.82, 2.24) is 9.88 Å². The second-order valence-electron chi connectivity index (χ2n) is 12.3. The lowest BCUT2D eigenvalue weighted by molar-refractivity contribution is -0.147. The summed E-state index contributed by atoms with van der Waals surface area (Å²) < 4.78 is 12.0. The number of rotatable bonds is 8. The molecule has 3 aromatic rings. The average Bonchev–Trinajstić information content (AvgIpc) is 3.51. The summed E-state index contributed by atoms with van der Waals surface area (Å²) in [6, 6.07) is 11.6. The molecule has 42 heavy (non-hydrogen) atoms. The van der Waals surface area contributed by atoms with Gasteiger partial charge in [-0.25, -0.2) is 4.98 Å². The molecule has 8 heteroatoms. The number of benzene rings is 2. The quantitative estimate of drug-likeness (QED) is 0.316. The average molecular weight is 590 g/mol.